The van der Waals surface area contributed by atoms with Gasteiger partial charge in [-0.25, -0.2) is 8.78 Å². The van der Waals surface area contributed by atoms with E-state index >= 15 is 0 Å². The minimum absolute atomic E-state index is 0.0887. The average molecular weight is 220 g/mol. The van der Waals surface area contributed by atoms with Gasteiger partial charge < -0.3 is 0 Å². The van der Waals surface area contributed by atoms with Crippen LogP contribution in [0, 0.1) is 6.92 Å². The number of hydrogen-bond donors (Lipinski definition) is 0. The number of carbonyl (C=O) groups is 1. The molecule has 0 unspecified atom stereocenters. The number of aldehydes is 1. The first kappa shape index (κ1) is 11.0. The molecule has 0 aliphatic carbocycles. The van der Waals surface area contributed by atoms with Crippen molar-refractivity contribution in [3.63, 3.8) is 0 Å². The largest absolute Gasteiger partial charge is 0.298 e. The molecule has 0 aromatic carbocycles. The number of aromatic nitrogens is 1. The van der Waals surface area contributed by atoms with E-state index in [0.717, 1.165) is 0 Å². The zero-order valence-electron chi connectivity index (χ0n) is 7.43. The molecule has 0 saturated carbocycles. The summed E-state index contributed by atoms with van der Waals surface area (Å²) in [6, 6.07) is 0. The lowest BCUT2D eigenvalue weighted by molar-refractivity contribution is 0.112. The van der Waals surface area contributed by atoms with Crippen LogP contribution in [0.15, 0.2) is 6.20 Å². The van der Waals surface area contributed by atoms with Crippen molar-refractivity contribution in [2.45, 2.75) is 19.2 Å². The molecular weight excluding hydrogens is 212 g/mol. The molecule has 14 heavy (non-hydrogen) atoms. The molecule has 0 fully saturated rings. The van der Waals surface area contributed by atoms with E-state index in [0.29, 0.717) is 11.8 Å². The van der Waals surface area contributed by atoms with Crippen molar-refractivity contribution in [3.05, 3.63) is 28.6 Å². The van der Waals surface area contributed by atoms with E-state index < -0.39 is 6.43 Å². The maximum absolute atomic E-state index is 12.4. The second kappa shape index (κ2) is 4.46. The Morgan fingerprint density at radius 1 is 1.64 bits per heavy atom. The number of rotatable bonds is 3. The van der Waals surface area contributed by atoms with Crippen molar-refractivity contribution in [3.8, 4) is 0 Å². The van der Waals surface area contributed by atoms with Crippen molar-refractivity contribution >= 4 is 17.9 Å². The second-order valence-corrected chi connectivity index (χ2v) is 3.03. The molecule has 0 bridgehead atoms. The molecule has 1 rings (SSSR count). The molecule has 0 atom stereocenters. The SMILES string of the molecule is Cc1c(C(F)F)ncc(CCl)c1C=O. The van der Waals surface area contributed by atoms with E-state index in [9.17, 15) is 13.6 Å². The van der Waals surface area contributed by atoms with E-state index in [2.05, 4.69) is 4.98 Å². The van der Waals surface area contributed by atoms with Gasteiger partial charge in [-0.1, -0.05) is 0 Å². The molecule has 0 aliphatic rings. The third kappa shape index (κ3) is 1.90. The number of hydrogen-bond acceptors (Lipinski definition) is 2. The molecule has 2 nitrogen and oxygen atoms in total. The van der Waals surface area contributed by atoms with Gasteiger partial charge in [-0.05, 0) is 18.1 Å². The molecule has 5 heteroatoms. The summed E-state index contributed by atoms with van der Waals surface area (Å²) in [7, 11) is 0. The van der Waals surface area contributed by atoms with Gasteiger partial charge >= 0.3 is 0 Å². The maximum atomic E-state index is 12.4. The summed E-state index contributed by atoms with van der Waals surface area (Å²) >= 11 is 5.53. The summed E-state index contributed by atoms with van der Waals surface area (Å²) < 4.78 is 24.7. The predicted molar refractivity (Wildman–Crippen MR) is 48.9 cm³/mol. The maximum Gasteiger partial charge on any atom is 0.280 e. The van der Waals surface area contributed by atoms with Gasteiger partial charge in [0.2, 0.25) is 0 Å². The molecule has 1 aromatic rings. The average Bonchev–Trinajstić information content (AvgIpc) is 2.16. The molecule has 1 aromatic heterocycles. The summed E-state index contributed by atoms with van der Waals surface area (Å²) in [5.74, 6) is 0.0887. The smallest absolute Gasteiger partial charge is 0.280 e. The lowest BCUT2D eigenvalue weighted by atomic mass is 10.0. The lowest BCUT2D eigenvalue weighted by Gasteiger charge is -2.08. The van der Waals surface area contributed by atoms with Crippen molar-refractivity contribution in [1.82, 2.24) is 4.98 Å². The number of carbonyl (C=O) groups excluding carboxylic acids is 1. The van der Waals surface area contributed by atoms with Gasteiger partial charge in [-0.15, -0.1) is 11.6 Å². The summed E-state index contributed by atoms with van der Waals surface area (Å²) in [5.41, 5.74) is 0.531. The first-order chi connectivity index (χ1) is 6.61. The van der Waals surface area contributed by atoms with Crippen LogP contribution in [0.25, 0.3) is 0 Å². The van der Waals surface area contributed by atoms with E-state index in [4.69, 9.17) is 11.6 Å². The lowest BCUT2D eigenvalue weighted by Crippen LogP contribution is -2.02. The van der Waals surface area contributed by atoms with E-state index in [1.807, 2.05) is 0 Å². The Kier molecular flexibility index (Phi) is 3.52. The molecule has 1 heterocycles. The molecule has 0 amide bonds. The summed E-state index contributed by atoms with van der Waals surface area (Å²) in [6.45, 7) is 1.44. The van der Waals surface area contributed by atoms with Crippen molar-refractivity contribution < 1.29 is 13.6 Å². The summed E-state index contributed by atoms with van der Waals surface area (Å²) in [4.78, 5) is 14.2. The summed E-state index contributed by atoms with van der Waals surface area (Å²) in [6.07, 6.45) is -0.927. The minimum Gasteiger partial charge on any atom is -0.298 e. The van der Waals surface area contributed by atoms with Crippen LogP contribution in [0.5, 0.6) is 0 Å². The van der Waals surface area contributed by atoms with E-state index in [1.165, 1.54) is 13.1 Å². The first-order valence-electron chi connectivity index (χ1n) is 3.89. The van der Waals surface area contributed by atoms with Crippen molar-refractivity contribution in [1.29, 1.82) is 0 Å². The van der Waals surface area contributed by atoms with Crippen LogP contribution >= 0.6 is 11.6 Å². The van der Waals surface area contributed by atoms with Crippen LogP contribution in [0.1, 0.15) is 33.6 Å². The topological polar surface area (TPSA) is 30.0 Å². The van der Waals surface area contributed by atoms with Gasteiger partial charge in [0, 0.05) is 17.6 Å². The van der Waals surface area contributed by atoms with Crippen LogP contribution in [0.2, 0.25) is 0 Å². The molecule has 0 saturated heterocycles. The fraction of sp³-hybridized carbons (Fsp3) is 0.333. The van der Waals surface area contributed by atoms with Gasteiger partial charge in [0.15, 0.2) is 6.29 Å². The molecule has 0 aliphatic heterocycles. The summed E-state index contributed by atoms with van der Waals surface area (Å²) in [5, 5.41) is 0. The number of pyridine rings is 1. The van der Waals surface area contributed by atoms with Gasteiger partial charge in [-0.3, -0.25) is 9.78 Å². The Morgan fingerprint density at radius 2 is 2.29 bits per heavy atom. The fourth-order valence-corrected chi connectivity index (χ4v) is 1.40. The zero-order valence-corrected chi connectivity index (χ0v) is 8.18. The standard InChI is InChI=1S/C9H8ClF2NO/c1-5-7(4-14)6(2-10)3-13-8(5)9(11)12/h3-4,9H,2H2,1H3. The van der Waals surface area contributed by atoms with Crippen LogP contribution in [0.3, 0.4) is 0 Å². The van der Waals surface area contributed by atoms with Gasteiger partial charge in [0.05, 0.1) is 0 Å². The highest BCUT2D eigenvalue weighted by atomic mass is 35.5. The van der Waals surface area contributed by atoms with E-state index in [1.54, 1.807) is 0 Å². The molecular formula is C9H8ClF2NO. The third-order valence-corrected chi connectivity index (χ3v) is 2.25. The van der Waals surface area contributed by atoms with Crippen molar-refractivity contribution in [2.24, 2.45) is 0 Å². The number of alkyl halides is 3. The normalized spacial score (nSPS) is 10.6. The minimum atomic E-state index is -2.67. The number of nitrogens with zero attached hydrogens (tertiary/aromatic N) is 1. The Balaban J connectivity index is 3.34. The Morgan fingerprint density at radius 3 is 2.71 bits per heavy atom. The first-order valence-corrected chi connectivity index (χ1v) is 4.43. The molecule has 0 radical (unpaired) electrons. The molecule has 76 valence electrons. The van der Waals surface area contributed by atoms with Crippen LogP contribution < -0.4 is 0 Å². The highest BCUT2D eigenvalue weighted by Crippen LogP contribution is 2.24. The fourth-order valence-electron chi connectivity index (χ4n) is 1.18. The van der Waals surface area contributed by atoms with Crippen LogP contribution in [0.4, 0.5) is 8.78 Å². The monoisotopic (exact) mass is 219 g/mol. The van der Waals surface area contributed by atoms with Crippen LogP contribution in [-0.4, -0.2) is 11.3 Å². The van der Waals surface area contributed by atoms with Crippen LogP contribution in [-0.2, 0) is 5.88 Å². The Bertz CT molecular complexity index is 355. The third-order valence-electron chi connectivity index (χ3n) is 1.96. The van der Waals surface area contributed by atoms with Gasteiger partial charge in [0.25, 0.3) is 6.43 Å². The Hall–Kier alpha value is -1.03. The zero-order chi connectivity index (χ0) is 10.7. The quantitative estimate of drug-likeness (QED) is 0.578. The van der Waals surface area contributed by atoms with Gasteiger partial charge in [0.1, 0.15) is 5.69 Å². The predicted octanol–water partition coefficient (Wildman–Crippen LogP) is 2.88. The van der Waals surface area contributed by atoms with Gasteiger partial charge in [-0.2, -0.15) is 0 Å². The second-order valence-electron chi connectivity index (χ2n) is 2.76. The molecule has 0 N–H and O–H groups in total. The van der Waals surface area contributed by atoms with Crippen molar-refractivity contribution in [2.75, 3.05) is 0 Å². The van der Waals surface area contributed by atoms with E-state index in [-0.39, 0.29) is 22.7 Å². The Labute approximate surface area is 84.9 Å². The molecule has 0 spiro atoms. The highest BCUT2D eigenvalue weighted by molar-refractivity contribution is 6.17. The highest BCUT2D eigenvalue weighted by Gasteiger charge is 2.16. The number of halogens is 3.